The van der Waals surface area contributed by atoms with Gasteiger partial charge >= 0.3 is 0 Å². The Labute approximate surface area is 149 Å². The number of aromatic hydroxyl groups is 2. The lowest BCUT2D eigenvalue weighted by Crippen LogP contribution is -1.82. The van der Waals surface area contributed by atoms with Gasteiger partial charge < -0.3 is 14.6 Å². The van der Waals surface area contributed by atoms with Gasteiger partial charge in [0.1, 0.15) is 17.0 Å². The Balaban J connectivity index is 1.59. The van der Waals surface area contributed by atoms with Gasteiger partial charge in [-0.15, -0.1) is 0 Å². The van der Waals surface area contributed by atoms with Gasteiger partial charge in [-0.2, -0.15) is 0 Å². The number of para-hydroxylation sites is 1. The Morgan fingerprint density at radius 1 is 1.00 bits per heavy atom. The maximum atomic E-state index is 9.78. The van der Waals surface area contributed by atoms with Crippen molar-refractivity contribution in [3.05, 3.63) is 71.8 Å². The number of rotatable bonds is 3. The first-order chi connectivity index (χ1) is 12.6. The summed E-state index contributed by atoms with van der Waals surface area (Å²) in [4.78, 5) is 8.90. The molecule has 0 atom stereocenters. The normalized spacial score (nSPS) is 11.4. The van der Waals surface area contributed by atoms with Crippen LogP contribution in [0.5, 0.6) is 11.5 Å². The van der Waals surface area contributed by atoms with E-state index in [-0.39, 0.29) is 11.5 Å². The van der Waals surface area contributed by atoms with E-state index in [9.17, 15) is 10.2 Å². The second-order valence-corrected chi connectivity index (χ2v) is 5.99. The third kappa shape index (κ3) is 3.02. The summed E-state index contributed by atoms with van der Waals surface area (Å²) in [5, 5.41) is 19.1. The van der Waals surface area contributed by atoms with Gasteiger partial charge in [-0.05, 0) is 55.0 Å². The molecule has 0 bridgehead atoms. The molecule has 3 aromatic carbocycles. The van der Waals surface area contributed by atoms with Crippen molar-refractivity contribution in [1.82, 2.24) is 4.98 Å². The number of hydrogen-bond acceptors (Lipinski definition) is 5. The fourth-order valence-corrected chi connectivity index (χ4v) is 2.69. The summed E-state index contributed by atoms with van der Waals surface area (Å²) >= 11 is 0. The van der Waals surface area contributed by atoms with Crippen molar-refractivity contribution in [3.8, 4) is 23.0 Å². The Hall–Kier alpha value is -3.60. The minimum atomic E-state index is -0.0211. The largest absolute Gasteiger partial charge is 0.508 e. The van der Waals surface area contributed by atoms with Gasteiger partial charge in [0.15, 0.2) is 5.58 Å². The number of phenols is 2. The quantitative estimate of drug-likeness (QED) is 0.515. The maximum Gasteiger partial charge on any atom is 0.227 e. The molecule has 0 unspecified atom stereocenters. The lowest BCUT2D eigenvalue weighted by molar-refractivity contribution is 0.450. The van der Waals surface area contributed by atoms with Gasteiger partial charge in [0.05, 0.1) is 5.69 Å². The fourth-order valence-electron chi connectivity index (χ4n) is 2.69. The molecule has 2 N–H and O–H groups in total. The third-order valence-corrected chi connectivity index (χ3v) is 4.10. The lowest BCUT2D eigenvalue weighted by Gasteiger charge is -2.00. The summed E-state index contributed by atoms with van der Waals surface area (Å²) < 4.78 is 5.82. The van der Waals surface area contributed by atoms with Crippen LogP contribution in [0.2, 0.25) is 0 Å². The van der Waals surface area contributed by atoms with Crippen LogP contribution in [0.3, 0.4) is 0 Å². The van der Waals surface area contributed by atoms with Gasteiger partial charge in [0.25, 0.3) is 0 Å². The number of oxazole rings is 1. The first-order valence-corrected chi connectivity index (χ1v) is 8.13. The van der Waals surface area contributed by atoms with E-state index in [0.29, 0.717) is 11.5 Å². The van der Waals surface area contributed by atoms with Crippen LogP contribution in [0.1, 0.15) is 11.1 Å². The molecule has 0 saturated heterocycles. The highest BCUT2D eigenvalue weighted by Crippen LogP contribution is 2.28. The number of aryl methyl sites for hydroxylation is 1. The average Bonchev–Trinajstić information content (AvgIpc) is 3.07. The van der Waals surface area contributed by atoms with Crippen LogP contribution in [-0.4, -0.2) is 21.4 Å². The van der Waals surface area contributed by atoms with Crippen LogP contribution in [0.25, 0.3) is 22.6 Å². The number of aromatic nitrogens is 1. The molecule has 4 rings (SSSR count). The maximum absolute atomic E-state index is 9.78. The van der Waals surface area contributed by atoms with E-state index in [0.717, 1.165) is 27.9 Å². The van der Waals surface area contributed by atoms with Crippen molar-refractivity contribution in [1.29, 1.82) is 0 Å². The minimum absolute atomic E-state index is 0.0116. The molecule has 5 nitrogen and oxygen atoms in total. The molecule has 1 aromatic heterocycles. The monoisotopic (exact) mass is 344 g/mol. The highest BCUT2D eigenvalue weighted by Gasteiger charge is 2.09. The molecule has 26 heavy (non-hydrogen) atoms. The third-order valence-electron chi connectivity index (χ3n) is 4.10. The van der Waals surface area contributed by atoms with E-state index in [1.54, 1.807) is 12.3 Å². The van der Waals surface area contributed by atoms with Gasteiger partial charge in [0.2, 0.25) is 5.89 Å². The van der Waals surface area contributed by atoms with Gasteiger partial charge in [-0.1, -0.05) is 12.1 Å². The Morgan fingerprint density at radius 3 is 2.54 bits per heavy atom. The van der Waals surface area contributed by atoms with Crippen molar-refractivity contribution < 1.29 is 14.6 Å². The standard InChI is InChI=1S/C21H16N2O3/c1-13-3-2-4-19-20(13)23-21(26-19)14-5-8-16(9-6-14)22-12-15-7-10-17(24)11-18(15)25/h2-12,24-25H,1H3. The van der Waals surface area contributed by atoms with Crippen molar-refractivity contribution >= 4 is 23.0 Å². The molecule has 0 spiro atoms. The fraction of sp³-hybridized carbons (Fsp3) is 0.0476. The predicted octanol–water partition coefficient (Wildman–Crippen LogP) is 4.97. The van der Waals surface area contributed by atoms with Crippen LogP contribution in [0.4, 0.5) is 5.69 Å². The van der Waals surface area contributed by atoms with Crippen molar-refractivity contribution in [3.63, 3.8) is 0 Å². The molecule has 128 valence electrons. The average molecular weight is 344 g/mol. The number of fused-ring (bicyclic) bond motifs is 1. The van der Waals surface area contributed by atoms with Crippen molar-refractivity contribution in [2.45, 2.75) is 6.92 Å². The predicted molar refractivity (Wildman–Crippen MR) is 101 cm³/mol. The first kappa shape index (κ1) is 15.9. The van der Waals surface area contributed by atoms with Crippen LogP contribution in [-0.2, 0) is 0 Å². The zero-order valence-electron chi connectivity index (χ0n) is 14.0. The second kappa shape index (κ2) is 6.37. The topological polar surface area (TPSA) is 78.9 Å². The Bertz CT molecular complexity index is 1110. The molecule has 0 saturated carbocycles. The molecule has 0 fully saturated rings. The van der Waals surface area contributed by atoms with E-state index >= 15 is 0 Å². The molecular formula is C21H16N2O3. The van der Waals surface area contributed by atoms with Crippen LogP contribution >= 0.6 is 0 Å². The number of aliphatic imine (C=N–C) groups is 1. The van der Waals surface area contributed by atoms with E-state index < -0.39 is 0 Å². The molecule has 0 aliphatic rings. The SMILES string of the molecule is Cc1cccc2oc(-c3ccc(N=Cc4ccc(O)cc4O)cc3)nc12. The highest BCUT2D eigenvalue weighted by molar-refractivity contribution is 5.86. The summed E-state index contributed by atoms with van der Waals surface area (Å²) in [5.41, 5.74) is 4.84. The van der Waals surface area contributed by atoms with Crippen molar-refractivity contribution in [2.75, 3.05) is 0 Å². The molecule has 0 aliphatic carbocycles. The lowest BCUT2D eigenvalue weighted by atomic mass is 10.2. The molecule has 4 aromatic rings. The smallest absolute Gasteiger partial charge is 0.227 e. The zero-order valence-corrected chi connectivity index (χ0v) is 14.0. The molecule has 5 heteroatoms. The van der Waals surface area contributed by atoms with Crippen LogP contribution < -0.4 is 0 Å². The first-order valence-electron chi connectivity index (χ1n) is 8.13. The van der Waals surface area contributed by atoms with E-state index in [1.807, 2.05) is 49.4 Å². The van der Waals surface area contributed by atoms with Crippen LogP contribution in [0, 0.1) is 6.92 Å². The van der Waals surface area contributed by atoms with Crippen molar-refractivity contribution in [2.24, 2.45) is 4.99 Å². The van der Waals surface area contributed by atoms with Gasteiger partial charge in [-0.25, -0.2) is 4.98 Å². The second-order valence-electron chi connectivity index (χ2n) is 5.99. The summed E-state index contributed by atoms with van der Waals surface area (Å²) in [6.45, 7) is 2.01. The van der Waals surface area contributed by atoms with Gasteiger partial charge in [0, 0.05) is 23.4 Å². The Kier molecular flexibility index (Phi) is 3.89. The summed E-state index contributed by atoms with van der Waals surface area (Å²) in [6, 6.07) is 17.7. The Morgan fingerprint density at radius 2 is 1.81 bits per heavy atom. The minimum Gasteiger partial charge on any atom is -0.508 e. The summed E-state index contributed by atoms with van der Waals surface area (Å²) in [5.74, 6) is 0.561. The summed E-state index contributed by atoms with van der Waals surface area (Å²) in [6.07, 6.45) is 1.55. The zero-order chi connectivity index (χ0) is 18.1. The van der Waals surface area contributed by atoms with E-state index in [1.165, 1.54) is 12.1 Å². The number of nitrogens with zero attached hydrogens (tertiary/aromatic N) is 2. The molecule has 0 radical (unpaired) electrons. The summed E-state index contributed by atoms with van der Waals surface area (Å²) in [7, 11) is 0. The van der Waals surface area contributed by atoms with Crippen LogP contribution in [0.15, 0.2) is 70.1 Å². The molecular weight excluding hydrogens is 328 g/mol. The number of hydrogen-bond donors (Lipinski definition) is 2. The molecule has 0 aliphatic heterocycles. The van der Waals surface area contributed by atoms with Gasteiger partial charge in [-0.3, -0.25) is 4.99 Å². The molecule has 1 heterocycles. The van der Waals surface area contributed by atoms with E-state index in [4.69, 9.17) is 4.42 Å². The number of phenolic OH excluding ortho intramolecular Hbond substituents is 2. The van der Waals surface area contributed by atoms with E-state index in [2.05, 4.69) is 9.98 Å². The highest BCUT2D eigenvalue weighted by atomic mass is 16.3. The molecule has 0 amide bonds. The number of benzene rings is 3.